The summed E-state index contributed by atoms with van der Waals surface area (Å²) in [6.45, 7) is 9.39. The van der Waals surface area contributed by atoms with Crippen molar-refractivity contribution in [3.05, 3.63) is 29.3 Å². The molecule has 0 aromatic heterocycles. The first-order valence-corrected chi connectivity index (χ1v) is 8.14. The van der Waals surface area contributed by atoms with Gasteiger partial charge in [-0.3, -0.25) is 0 Å². The number of hydrogen-bond donors (Lipinski definition) is 0. The van der Waals surface area contributed by atoms with Crippen molar-refractivity contribution in [2.75, 3.05) is 18.0 Å². The van der Waals surface area contributed by atoms with Crippen LogP contribution in [0.1, 0.15) is 69.9 Å². The van der Waals surface area contributed by atoms with E-state index >= 15 is 0 Å². The summed E-state index contributed by atoms with van der Waals surface area (Å²) in [7, 11) is 0. The fourth-order valence-electron chi connectivity index (χ4n) is 2.99. The molecule has 106 valence electrons. The highest BCUT2D eigenvalue weighted by Gasteiger charge is 2.17. The zero-order valence-corrected chi connectivity index (χ0v) is 12.9. The Morgan fingerprint density at radius 3 is 2.79 bits per heavy atom. The second-order valence-electron chi connectivity index (χ2n) is 6.00. The van der Waals surface area contributed by atoms with E-state index in [2.05, 4.69) is 43.9 Å². The fraction of sp³-hybridized carbons (Fsp3) is 0.667. The summed E-state index contributed by atoms with van der Waals surface area (Å²) in [4.78, 5) is 2.63. The molecule has 1 heterocycles. The predicted molar refractivity (Wildman–Crippen MR) is 85.2 cm³/mol. The van der Waals surface area contributed by atoms with Gasteiger partial charge >= 0.3 is 0 Å². The molecule has 19 heavy (non-hydrogen) atoms. The molecule has 0 amide bonds. The lowest BCUT2D eigenvalue weighted by atomic mass is 9.93. The van der Waals surface area contributed by atoms with Crippen molar-refractivity contribution in [1.29, 1.82) is 0 Å². The average Bonchev–Trinajstić information content (AvgIpc) is 2.46. The number of benzene rings is 1. The van der Waals surface area contributed by atoms with Gasteiger partial charge in [-0.15, -0.1) is 0 Å². The molecule has 0 saturated heterocycles. The molecule has 1 nitrogen and oxygen atoms in total. The summed E-state index contributed by atoms with van der Waals surface area (Å²) >= 11 is 0. The Morgan fingerprint density at radius 2 is 2.05 bits per heavy atom. The monoisotopic (exact) mass is 259 g/mol. The number of aryl methyl sites for hydroxylation is 1. The molecule has 2 rings (SSSR count). The molecule has 1 aliphatic heterocycles. The first-order chi connectivity index (χ1) is 9.26. The van der Waals surface area contributed by atoms with Crippen LogP contribution in [0, 0.1) is 0 Å². The van der Waals surface area contributed by atoms with Crippen LogP contribution in [0.4, 0.5) is 5.69 Å². The van der Waals surface area contributed by atoms with E-state index in [0.29, 0.717) is 5.92 Å². The van der Waals surface area contributed by atoms with Crippen molar-refractivity contribution in [2.24, 2.45) is 0 Å². The quantitative estimate of drug-likeness (QED) is 0.639. The maximum atomic E-state index is 2.63. The first-order valence-electron chi connectivity index (χ1n) is 8.14. The van der Waals surface area contributed by atoms with Gasteiger partial charge in [-0.2, -0.15) is 0 Å². The zero-order chi connectivity index (χ0) is 13.7. The van der Waals surface area contributed by atoms with Gasteiger partial charge in [-0.25, -0.2) is 0 Å². The van der Waals surface area contributed by atoms with E-state index in [-0.39, 0.29) is 0 Å². The number of unbranched alkanes of at least 4 members (excludes halogenated alkanes) is 2. The highest BCUT2D eigenvalue weighted by Crippen LogP contribution is 2.31. The van der Waals surface area contributed by atoms with Gasteiger partial charge in [0.15, 0.2) is 0 Å². The van der Waals surface area contributed by atoms with E-state index in [9.17, 15) is 0 Å². The van der Waals surface area contributed by atoms with Crippen LogP contribution in [0.2, 0.25) is 0 Å². The summed E-state index contributed by atoms with van der Waals surface area (Å²) in [5.74, 6) is 0.685. The maximum absolute atomic E-state index is 2.63. The molecule has 1 aliphatic rings. The van der Waals surface area contributed by atoms with E-state index < -0.39 is 0 Å². The highest BCUT2D eigenvalue weighted by atomic mass is 15.1. The Labute approximate surface area is 119 Å². The van der Waals surface area contributed by atoms with Crippen LogP contribution in [0.25, 0.3) is 0 Å². The van der Waals surface area contributed by atoms with Crippen LogP contribution in [0.3, 0.4) is 0 Å². The fourth-order valence-corrected chi connectivity index (χ4v) is 2.99. The minimum absolute atomic E-state index is 0.685. The van der Waals surface area contributed by atoms with Gasteiger partial charge < -0.3 is 4.90 Å². The second kappa shape index (κ2) is 6.98. The first kappa shape index (κ1) is 14.4. The molecule has 1 atom stereocenters. The van der Waals surface area contributed by atoms with Crippen molar-refractivity contribution in [2.45, 2.75) is 65.2 Å². The van der Waals surface area contributed by atoms with Crippen molar-refractivity contribution < 1.29 is 0 Å². The predicted octanol–water partition coefficient (Wildman–Crippen LogP) is 5.14. The molecule has 1 aromatic carbocycles. The molecule has 0 bridgehead atoms. The van der Waals surface area contributed by atoms with E-state index in [1.807, 2.05) is 0 Å². The van der Waals surface area contributed by atoms with Crippen LogP contribution < -0.4 is 4.90 Å². The van der Waals surface area contributed by atoms with E-state index in [0.717, 1.165) is 0 Å². The number of rotatable bonds is 6. The van der Waals surface area contributed by atoms with Crippen LogP contribution >= 0.6 is 0 Å². The molecule has 0 saturated carbocycles. The summed E-state index contributed by atoms with van der Waals surface area (Å²) in [6.07, 6.45) is 7.82. The van der Waals surface area contributed by atoms with Gasteiger partial charge in [0.05, 0.1) is 0 Å². The summed E-state index contributed by atoms with van der Waals surface area (Å²) in [6, 6.07) is 7.19. The molecule has 1 aromatic rings. The second-order valence-corrected chi connectivity index (χ2v) is 6.00. The molecule has 0 N–H and O–H groups in total. The van der Waals surface area contributed by atoms with Crippen molar-refractivity contribution in [3.8, 4) is 0 Å². The third-order valence-corrected chi connectivity index (χ3v) is 4.54. The zero-order valence-electron chi connectivity index (χ0n) is 12.9. The standard InChI is InChI=1S/C18H29N/c1-4-6-7-12-19-13-8-9-16-10-11-17(14-18(16)19)15(3)5-2/h10-11,14-15H,4-9,12-13H2,1-3H3/t15-/m1/s1. The number of anilines is 1. The molecule has 1 heteroatoms. The van der Waals surface area contributed by atoms with Crippen molar-refractivity contribution in [3.63, 3.8) is 0 Å². The molecular formula is C18H29N. The Bertz CT molecular complexity index is 397. The van der Waals surface area contributed by atoms with Gasteiger partial charge in [0.1, 0.15) is 0 Å². The average molecular weight is 259 g/mol. The van der Waals surface area contributed by atoms with Crippen LogP contribution in [-0.2, 0) is 6.42 Å². The molecule has 0 fully saturated rings. The highest BCUT2D eigenvalue weighted by molar-refractivity contribution is 5.57. The SMILES string of the molecule is CCCCCN1CCCc2ccc([C@H](C)CC)cc21. The lowest BCUT2D eigenvalue weighted by Crippen LogP contribution is -2.30. The van der Waals surface area contributed by atoms with Gasteiger partial charge in [-0.05, 0) is 48.8 Å². The molecule has 0 unspecified atom stereocenters. The topological polar surface area (TPSA) is 3.24 Å². The Hall–Kier alpha value is -0.980. The van der Waals surface area contributed by atoms with E-state index in [1.54, 1.807) is 5.56 Å². The van der Waals surface area contributed by atoms with Crippen molar-refractivity contribution in [1.82, 2.24) is 0 Å². The van der Waals surface area contributed by atoms with Crippen molar-refractivity contribution >= 4 is 5.69 Å². The van der Waals surface area contributed by atoms with Crippen LogP contribution in [-0.4, -0.2) is 13.1 Å². The van der Waals surface area contributed by atoms with Crippen LogP contribution in [0.15, 0.2) is 18.2 Å². The lowest BCUT2D eigenvalue weighted by molar-refractivity contribution is 0.636. The smallest absolute Gasteiger partial charge is 0.0401 e. The van der Waals surface area contributed by atoms with Crippen LogP contribution in [0.5, 0.6) is 0 Å². The van der Waals surface area contributed by atoms with Gasteiger partial charge in [-0.1, -0.05) is 45.7 Å². The Morgan fingerprint density at radius 1 is 1.21 bits per heavy atom. The van der Waals surface area contributed by atoms with Gasteiger partial charge in [0, 0.05) is 18.8 Å². The van der Waals surface area contributed by atoms with Gasteiger partial charge in [0.25, 0.3) is 0 Å². The largest absolute Gasteiger partial charge is 0.371 e. The molecule has 0 radical (unpaired) electrons. The number of fused-ring (bicyclic) bond motifs is 1. The molecule has 0 aliphatic carbocycles. The summed E-state index contributed by atoms with van der Waals surface area (Å²) < 4.78 is 0. The van der Waals surface area contributed by atoms with E-state index in [4.69, 9.17) is 0 Å². The normalized spacial score (nSPS) is 16.3. The summed E-state index contributed by atoms with van der Waals surface area (Å²) in [5, 5.41) is 0. The molecule has 0 spiro atoms. The Kier molecular flexibility index (Phi) is 5.30. The molecular weight excluding hydrogens is 230 g/mol. The number of hydrogen-bond acceptors (Lipinski definition) is 1. The third-order valence-electron chi connectivity index (χ3n) is 4.54. The minimum Gasteiger partial charge on any atom is -0.371 e. The van der Waals surface area contributed by atoms with Gasteiger partial charge in [0.2, 0.25) is 0 Å². The number of nitrogens with zero attached hydrogens (tertiary/aromatic N) is 1. The lowest BCUT2D eigenvalue weighted by Gasteiger charge is -2.32. The summed E-state index contributed by atoms with van der Waals surface area (Å²) in [5.41, 5.74) is 4.61. The maximum Gasteiger partial charge on any atom is 0.0401 e. The van der Waals surface area contributed by atoms with E-state index in [1.165, 1.54) is 62.9 Å². The third kappa shape index (κ3) is 3.52. The minimum atomic E-state index is 0.685. The Balaban J connectivity index is 2.15.